The maximum Gasteiger partial charge on any atom is 0.319 e. The van der Waals surface area contributed by atoms with Crippen molar-refractivity contribution in [2.75, 3.05) is 13.2 Å². The summed E-state index contributed by atoms with van der Waals surface area (Å²) in [5.41, 5.74) is 0.842. The largest absolute Gasteiger partial charge is 0.394 e. The van der Waals surface area contributed by atoms with Gasteiger partial charge in [0.25, 0.3) is 0 Å². The van der Waals surface area contributed by atoms with E-state index in [4.69, 9.17) is 39.5 Å². The standard InChI is InChI=1S/C21H23Cl3N2O3/c1-21(2,12-27)25-20(28)26-11-10-16(26)29-19(13-6-4-3-5-7-13)14-8-9-15(22)18(24)17(14)23/h3-9,16,19,27H,10-12H2,1-2H3,(H,25,28). The van der Waals surface area contributed by atoms with Crippen LogP contribution in [0.15, 0.2) is 42.5 Å². The van der Waals surface area contributed by atoms with E-state index in [1.807, 2.05) is 30.3 Å². The van der Waals surface area contributed by atoms with Gasteiger partial charge in [-0.3, -0.25) is 4.90 Å². The Morgan fingerprint density at radius 3 is 2.48 bits per heavy atom. The highest BCUT2D eigenvalue weighted by atomic mass is 35.5. The van der Waals surface area contributed by atoms with Crippen LogP contribution in [-0.2, 0) is 4.74 Å². The zero-order valence-corrected chi connectivity index (χ0v) is 18.4. The summed E-state index contributed by atoms with van der Waals surface area (Å²) >= 11 is 18.8. The highest BCUT2D eigenvalue weighted by molar-refractivity contribution is 6.48. The topological polar surface area (TPSA) is 61.8 Å². The molecule has 0 spiro atoms. The van der Waals surface area contributed by atoms with Crippen molar-refractivity contribution in [3.8, 4) is 0 Å². The van der Waals surface area contributed by atoms with Gasteiger partial charge < -0.3 is 15.2 Å². The number of halogens is 3. The third-order valence-corrected chi connectivity index (χ3v) is 6.12. The van der Waals surface area contributed by atoms with Gasteiger partial charge in [-0.2, -0.15) is 0 Å². The Morgan fingerprint density at radius 1 is 1.21 bits per heavy atom. The summed E-state index contributed by atoms with van der Waals surface area (Å²) in [6, 6.07) is 12.8. The van der Waals surface area contributed by atoms with E-state index in [-0.39, 0.29) is 17.7 Å². The number of carbonyl (C=O) groups is 1. The second kappa shape index (κ2) is 9.11. The maximum absolute atomic E-state index is 12.6. The number of amides is 2. The van der Waals surface area contributed by atoms with Crippen LogP contribution in [0.5, 0.6) is 0 Å². The Labute approximate surface area is 185 Å². The number of carbonyl (C=O) groups excluding carboxylic acids is 1. The summed E-state index contributed by atoms with van der Waals surface area (Å²) in [7, 11) is 0. The second-order valence-corrected chi connectivity index (χ2v) is 8.76. The Kier molecular flexibility index (Phi) is 6.97. The number of urea groups is 1. The minimum Gasteiger partial charge on any atom is -0.394 e. The first-order valence-corrected chi connectivity index (χ1v) is 10.4. The molecule has 8 heteroatoms. The van der Waals surface area contributed by atoms with Crippen LogP contribution in [0.25, 0.3) is 0 Å². The van der Waals surface area contributed by atoms with Crippen LogP contribution in [0.3, 0.4) is 0 Å². The lowest BCUT2D eigenvalue weighted by molar-refractivity contribution is -0.121. The molecule has 0 radical (unpaired) electrons. The first-order valence-electron chi connectivity index (χ1n) is 9.27. The van der Waals surface area contributed by atoms with Crippen molar-refractivity contribution in [3.05, 3.63) is 68.7 Å². The molecule has 0 bridgehead atoms. The van der Waals surface area contributed by atoms with Gasteiger partial charge in [-0.1, -0.05) is 71.2 Å². The number of nitrogens with one attached hydrogen (secondary N) is 1. The van der Waals surface area contributed by atoms with Crippen molar-refractivity contribution in [1.29, 1.82) is 0 Å². The van der Waals surface area contributed by atoms with Crippen LogP contribution in [0.2, 0.25) is 15.1 Å². The fourth-order valence-electron chi connectivity index (χ4n) is 3.00. The summed E-state index contributed by atoms with van der Waals surface area (Å²) in [6.45, 7) is 3.91. The number of likely N-dealkylation sites (tertiary alicyclic amines) is 1. The van der Waals surface area contributed by atoms with Gasteiger partial charge in [0.1, 0.15) is 12.3 Å². The molecule has 2 atom stereocenters. The molecule has 29 heavy (non-hydrogen) atoms. The van der Waals surface area contributed by atoms with E-state index in [1.165, 1.54) is 0 Å². The van der Waals surface area contributed by atoms with Crippen LogP contribution >= 0.6 is 34.8 Å². The molecule has 1 fully saturated rings. The van der Waals surface area contributed by atoms with E-state index >= 15 is 0 Å². The molecule has 1 heterocycles. The summed E-state index contributed by atoms with van der Waals surface area (Å²) in [5.74, 6) is 0. The number of hydrogen-bond donors (Lipinski definition) is 2. The molecule has 3 rings (SSSR count). The second-order valence-electron chi connectivity index (χ2n) is 7.60. The highest BCUT2D eigenvalue weighted by Crippen LogP contribution is 2.40. The Bertz CT molecular complexity index is 877. The zero-order chi connectivity index (χ0) is 21.2. The third-order valence-electron chi connectivity index (χ3n) is 4.81. The van der Waals surface area contributed by atoms with Crippen LogP contribution < -0.4 is 5.32 Å². The average molecular weight is 458 g/mol. The number of benzene rings is 2. The first-order chi connectivity index (χ1) is 13.7. The van der Waals surface area contributed by atoms with Crippen molar-refractivity contribution in [2.45, 2.75) is 38.1 Å². The van der Waals surface area contributed by atoms with Gasteiger partial charge in [-0.05, 0) is 25.5 Å². The predicted molar refractivity (Wildman–Crippen MR) is 116 cm³/mol. The summed E-state index contributed by atoms with van der Waals surface area (Å²) in [6.07, 6.45) is -0.264. The lowest BCUT2D eigenvalue weighted by Crippen LogP contribution is -2.60. The smallest absolute Gasteiger partial charge is 0.319 e. The summed E-state index contributed by atoms with van der Waals surface area (Å²) in [4.78, 5) is 14.2. The quantitative estimate of drug-likeness (QED) is 0.581. The van der Waals surface area contributed by atoms with E-state index in [2.05, 4.69) is 5.32 Å². The third kappa shape index (κ3) is 4.98. The SMILES string of the molecule is CC(C)(CO)NC(=O)N1CCC1OC(c1ccccc1)c1ccc(Cl)c(Cl)c1Cl. The van der Waals surface area contributed by atoms with Gasteiger partial charge in [0.2, 0.25) is 0 Å². The van der Waals surface area contributed by atoms with Crippen LogP contribution in [0, 0.1) is 0 Å². The summed E-state index contributed by atoms with van der Waals surface area (Å²) in [5, 5.41) is 13.2. The van der Waals surface area contributed by atoms with Gasteiger partial charge in [0, 0.05) is 18.5 Å². The number of aliphatic hydroxyl groups is 1. The predicted octanol–water partition coefficient (Wildman–Crippen LogP) is 5.27. The van der Waals surface area contributed by atoms with Crippen LogP contribution in [0.4, 0.5) is 4.79 Å². The Balaban J connectivity index is 1.86. The average Bonchev–Trinajstić information content (AvgIpc) is 2.67. The van der Waals surface area contributed by atoms with Gasteiger partial charge in [0.15, 0.2) is 0 Å². The highest BCUT2D eigenvalue weighted by Gasteiger charge is 2.37. The van der Waals surface area contributed by atoms with Crippen molar-refractivity contribution >= 4 is 40.8 Å². The monoisotopic (exact) mass is 456 g/mol. The molecule has 2 aromatic rings. The number of aliphatic hydroxyl groups excluding tert-OH is 1. The van der Waals surface area contributed by atoms with Gasteiger partial charge in [-0.15, -0.1) is 0 Å². The molecule has 0 aliphatic carbocycles. The normalized spacial score (nSPS) is 17.6. The number of nitrogens with zero attached hydrogens (tertiary/aromatic N) is 1. The minimum absolute atomic E-state index is 0.163. The van der Waals surface area contributed by atoms with Crippen LogP contribution in [0.1, 0.15) is 37.5 Å². The maximum atomic E-state index is 12.6. The first kappa shape index (κ1) is 22.2. The molecule has 1 aliphatic heterocycles. The molecular formula is C21H23Cl3N2O3. The van der Waals surface area contributed by atoms with E-state index in [0.717, 1.165) is 5.56 Å². The summed E-state index contributed by atoms with van der Waals surface area (Å²) < 4.78 is 6.33. The molecule has 2 aromatic carbocycles. The van der Waals surface area contributed by atoms with Crippen molar-refractivity contribution in [3.63, 3.8) is 0 Å². The molecule has 2 N–H and O–H groups in total. The van der Waals surface area contributed by atoms with Crippen LogP contribution in [-0.4, -0.2) is 41.0 Å². The van der Waals surface area contributed by atoms with E-state index in [1.54, 1.807) is 30.9 Å². The van der Waals surface area contributed by atoms with E-state index < -0.39 is 17.9 Å². The number of rotatable bonds is 6. The molecular weight excluding hydrogens is 435 g/mol. The molecule has 2 unspecified atom stereocenters. The van der Waals surface area contributed by atoms with Gasteiger partial charge in [0.05, 0.1) is 27.2 Å². The number of hydrogen-bond acceptors (Lipinski definition) is 3. The molecule has 5 nitrogen and oxygen atoms in total. The van der Waals surface area contributed by atoms with Gasteiger partial charge in [-0.25, -0.2) is 4.79 Å². The Hall–Kier alpha value is -1.50. The van der Waals surface area contributed by atoms with E-state index in [9.17, 15) is 9.90 Å². The molecule has 2 amide bonds. The zero-order valence-electron chi connectivity index (χ0n) is 16.2. The Morgan fingerprint density at radius 2 is 1.90 bits per heavy atom. The van der Waals surface area contributed by atoms with Crippen molar-refractivity contribution < 1.29 is 14.6 Å². The lowest BCUT2D eigenvalue weighted by atomic mass is 10.0. The fraction of sp³-hybridized carbons (Fsp3) is 0.381. The minimum atomic E-state index is -0.719. The molecule has 0 saturated carbocycles. The van der Waals surface area contributed by atoms with E-state index in [0.29, 0.717) is 28.6 Å². The molecule has 1 aliphatic rings. The molecule has 0 aromatic heterocycles. The lowest BCUT2D eigenvalue weighted by Gasteiger charge is -2.43. The van der Waals surface area contributed by atoms with Gasteiger partial charge >= 0.3 is 6.03 Å². The van der Waals surface area contributed by atoms with Crippen molar-refractivity contribution in [2.24, 2.45) is 0 Å². The fourth-order valence-corrected chi connectivity index (χ4v) is 3.64. The van der Waals surface area contributed by atoms with Crippen molar-refractivity contribution in [1.82, 2.24) is 10.2 Å². The molecule has 156 valence electrons. The number of ether oxygens (including phenoxy) is 1. The molecule has 1 saturated heterocycles.